The van der Waals surface area contributed by atoms with Crippen LogP contribution in [0.4, 0.5) is 0 Å². The van der Waals surface area contributed by atoms with E-state index >= 15 is 0 Å². The van der Waals surface area contributed by atoms with Crippen molar-refractivity contribution in [3.05, 3.63) is 42.1 Å². The Morgan fingerprint density at radius 2 is 1.47 bits per heavy atom. The van der Waals surface area contributed by atoms with Crippen LogP contribution in [-0.4, -0.2) is 4.98 Å². The summed E-state index contributed by atoms with van der Waals surface area (Å²) >= 11 is 0. The Morgan fingerprint density at radius 3 is 2.06 bits per heavy atom. The highest BCUT2D eigenvalue weighted by molar-refractivity contribution is 5.82. The number of para-hydroxylation sites is 1. The van der Waals surface area contributed by atoms with Crippen molar-refractivity contribution in [3.63, 3.8) is 0 Å². The summed E-state index contributed by atoms with van der Waals surface area (Å²) in [7, 11) is 0. The minimum absolute atomic E-state index is 0.563. The van der Waals surface area contributed by atoms with Crippen LogP contribution >= 0.6 is 0 Å². The predicted octanol–water partition coefficient (Wildman–Crippen LogP) is 5.02. The SMILES string of the molecule is CC(C)C.CC(C)c1ccnc2ccccc12. The Morgan fingerprint density at radius 1 is 0.882 bits per heavy atom. The highest BCUT2D eigenvalue weighted by Crippen LogP contribution is 2.22. The Bertz CT molecular complexity index is 450. The van der Waals surface area contributed by atoms with Crippen molar-refractivity contribution in [2.45, 2.75) is 40.5 Å². The first-order chi connectivity index (χ1) is 8.02. The molecule has 2 rings (SSSR count). The maximum atomic E-state index is 4.32. The molecule has 0 atom stereocenters. The fraction of sp³-hybridized carbons (Fsp3) is 0.438. The van der Waals surface area contributed by atoms with Crippen LogP contribution in [0.3, 0.4) is 0 Å². The van der Waals surface area contributed by atoms with E-state index in [4.69, 9.17) is 0 Å². The average molecular weight is 229 g/mol. The first kappa shape index (κ1) is 13.7. The molecule has 1 heterocycles. The predicted molar refractivity (Wildman–Crippen MR) is 76.3 cm³/mol. The lowest BCUT2D eigenvalue weighted by Gasteiger charge is -2.08. The molecule has 1 aromatic carbocycles. The van der Waals surface area contributed by atoms with Gasteiger partial charge >= 0.3 is 0 Å². The Labute approximate surface area is 105 Å². The van der Waals surface area contributed by atoms with Crippen LogP contribution in [0.15, 0.2) is 36.5 Å². The zero-order valence-corrected chi connectivity index (χ0v) is 11.6. The Kier molecular flexibility index (Phi) is 5.14. The lowest BCUT2D eigenvalue weighted by molar-refractivity contribution is 0.737. The molecule has 0 aliphatic rings. The summed E-state index contributed by atoms with van der Waals surface area (Å²) in [6.07, 6.45) is 1.89. The Balaban J connectivity index is 0.000000317. The first-order valence-corrected chi connectivity index (χ1v) is 6.36. The molecule has 2 aromatic rings. The monoisotopic (exact) mass is 229 g/mol. The maximum absolute atomic E-state index is 4.32. The molecule has 0 N–H and O–H groups in total. The topological polar surface area (TPSA) is 12.9 Å². The number of hydrogen-bond donors (Lipinski definition) is 0. The van der Waals surface area contributed by atoms with Crippen LogP contribution < -0.4 is 0 Å². The van der Waals surface area contributed by atoms with E-state index in [-0.39, 0.29) is 0 Å². The van der Waals surface area contributed by atoms with E-state index < -0.39 is 0 Å². The number of fused-ring (bicyclic) bond motifs is 1. The third kappa shape index (κ3) is 4.18. The van der Waals surface area contributed by atoms with Crippen molar-refractivity contribution in [3.8, 4) is 0 Å². The fourth-order valence-corrected chi connectivity index (χ4v) is 1.62. The standard InChI is InChI=1S/C12H13N.C4H10/c1-9(2)10-7-8-13-12-6-4-3-5-11(10)12;1-4(2)3/h3-9H,1-2H3;4H,1-3H3. The molecular weight excluding hydrogens is 206 g/mol. The van der Waals surface area contributed by atoms with Gasteiger partial charge in [-0.2, -0.15) is 0 Å². The minimum atomic E-state index is 0.563. The lowest BCUT2D eigenvalue weighted by atomic mass is 9.99. The normalized spacial score (nSPS) is 10.5. The van der Waals surface area contributed by atoms with Gasteiger partial charge in [-0.1, -0.05) is 52.8 Å². The van der Waals surface area contributed by atoms with Gasteiger partial charge < -0.3 is 0 Å². The molecular formula is C16H23N. The van der Waals surface area contributed by atoms with Crippen LogP contribution in [0, 0.1) is 5.92 Å². The third-order valence-corrected chi connectivity index (χ3v) is 2.30. The van der Waals surface area contributed by atoms with E-state index in [9.17, 15) is 0 Å². The summed E-state index contributed by atoms with van der Waals surface area (Å²) in [5.41, 5.74) is 2.47. The number of benzene rings is 1. The first-order valence-electron chi connectivity index (χ1n) is 6.36. The number of rotatable bonds is 1. The molecule has 0 aliphatic heterocycles. The second kappa shape index (κ2) is 6.39. The van der Waals surface area contributed by atoms with E-state index in [1.807, 2.05) is 12.3 Å². The summed E-state index contributed by atoms with van der Waals surface area (Å²) in [5, 5.41) is 1.28. The summed E-state index contributed by atoms with van der Waals surface area (Å²) in [5.74, 6) is 1.40. The van der Waals surface area contributed by atoms with Gasteiger partial charge in [0.25, 0.3) is 0 Å². The van der Waals surface area contributed by atoms with Gasteiger partial charge in [-0.25, -0.2) is 0 Å². The van der Waals surface area contributed by atoms with Crippen LogP contribution in [0.5, 0.6) is 0 Å². The van der Waals surface area contributed by atoms with Crippen molar-refractivity contribution in [2.75, 3.05) is 0 Å². The minimum Gasteiger partial charge on any atom is -0.256 e. The Hall–Kier alpha value is -1.37. The van der Waals surface area contributed by atoms with E-state index in [1.165, 1.54) is 10.9 Å². The van der Waals surface area contributed by atoms with Crippen LogP contribution in [0.25, 0.3) is 10.9 Å². The molecule has 0 bridgehead atoms. The highest BCUT2D eigenvalue weighted by Gasteiger charge is 2.03. The number of hydrogen-bond acceptors (Lipinski definition) is 1. The van der Waals surface area contributed by atoms with Crippen molar-refractivity contribution in [1.82, 2.24) is 4.98 Å². The molecule has 1 aromatic heterocycles. The molecule has 1 nitrogen and oxygen atoms in total. The zero-order valence-electron chi connectivity index (χ0n) is 11.6. The van der Waals surface area contributed by atoms with Crippen molar-refractivity contribution < 1.29 is 0 Å². The molecule has 0 unspecified atom stereocenters. The number of aromatic nitrogens is 1. The van der Waals surface area contributed by atoms with Gasteiger partial charge in [0, 0.05) is 11.6 Å². The number of pyridine rings is 1. The summed E-state index contributed by atoms with van der Waals surface area (Å²) in [4.78, 5) is 4.32. The van der Waals surface area contributed by atoms with Crippen molar-refractivity contribution in [2.24, 2.45) is 5.92 Å². The van der Waals surface area contributed by atoms with E-state index in [0.717, 1.165) is 11.4 Å². The van der Waals surface area contributed by atoms with E-state index in [1.54, 1.807) is 0 Å². The maximum Gasteiger partial charge on any atom is 0.0704 e. The second-order valence-corrected chi connectivity index (χ2v) is 5.30. The molecule has 0 radical (unpaired) electrons. The molecule has 0 saturated carbocycles. The molecule has 0 amide bonds. The van der Waals surface area contributed by atoms with Gasteiger partial charge in [-0.15, -0.1) is 0 Å². The molecule has 0 spiro atoms. The van der Waals surface area contributed by atoms with Gasteiger partial charge in [0.15, 0.2) is 0 Å². The molecule has 0 saturated heterocycles. The summed E-state index contributed by atoms with van der Waals surface area (Å²) < 4.78 is 0. The summed E-state index contributed by atoms with van der Waals surface area (Å²) in [6.45, 7) is 10.9. The summed E-state index contributed by atoms with van der Waals surface area (Å²) in [6, 6.07) is 10.4. The van der Waals surface area contributed by atoms with Gasteiger partial charge in [0.05, 0.1) is 5.52 Å². The van der Waals surface area contributed by atoms with Gasteiger partial charge in [0.1, 0.15) is 0 Å². The largest absolute Gasteiger partial charge is 0.256 e. The van der Waals surface area contributed by atoms with Crippen LogP contribution in [0.1, 0.15) is 46.1 Å². The smallest absolute Gasteiger partial charge is 0.0704 e. The quantitative estimate of drug-likeness (QED) is 0.669. The lowest BCUT2D eigenvalue weighted by Crippen LogP contribution is -1.90. The molecule has 92 valence electrons. The van der Waals surface area contributed by atoms with E-state index in [2.05, 4.69) is 63.9 Å². The van der Waals surface area contributed by atoms with E-state index in [0.29, 0.717) is 5.92 Å². The molecule has 17 heavy (non-hydrogen) atoms. The van der Waals surface area contributed by atoms with Crippen molar-refractivity contribution >= 4 is 10.9 Å². The van der Waals surface area contributed by atoms with Crippen LogP contribution in [-0.2, 0) is 0 Å². The molecule has 0 fully saturated rings. The third-order valence-electron chi connectivity index (χ3n) is 2.30. The van der Waals surface area contributed by atoms with Crippen LogP contribution in [0.2, 0.25) is 0 Å². The number of nitrogens with zero attached hydrogens (tertiary/aromatic N) is 1. The highest BCUT2D eigenvalue weighted by atomic mass is 14.6. The molecule has 0 aliphatic carbocycles. The van der Waals surface area contributed by atoms with Gasteiger partial charge in [0.2, 0.25) is 0 Å². The van der Waals surface area contributed by atoms with Gasteiger partial charge in [-0.05, 0) is 29.5 Å². The second-order valence-electron chi connectivity index (χ2n) is 5.30. The van der Waals surface area contributed by atoms with Crippen molar-refractivity contribution in [1.29, 1.82) is 0 Å². The zero-order chi connectivity index (χ0) is 12.8. The molecule has 1 heteroatoms. The fourth-order valence-electron chi connectivity index (χ4n) is 1.62. The average Bonchev–Trinajstić information content (AvgIpc) is 2.27. The van der Waals surface area contributed by atoms with Gasteiger partial charge in [-0.3, -0.25) is 4.98 Å².